The van der Waals surface area contributed by atoms with E-state index in [0.29, 0.717) is 5.92 Å². The van der Waals surface area contributed by atoms with Gasteiger partial charge >= 0.3 is 0 Å². The van der Waals surface area contributed by atoms with Crippen molar-refractivity contribution in [2.45, 2.75) is 37.1 Å². The molecule has 0 heterocycles. The molecule has 1 aromatic carbocycles. The fraction of sp³-hybridized carbons (Fsp3) is 0.500. The molecule has 2 rings (SSSR count). The van der Waals surface area contributed by atoms with Gasteiger partial charge in [0.25, 0.3) is 0 Å². The lowest BCUT2D eigenvalue weighted by Gasteiger charge is -2.14. The molecular weight excluding hydrogens is 290 g/mol. The molecule has 6 nitrogen and oxygen atoms in total. The molecule has 1 fully saturated rings. The quantitative estimate of drug-likeness (QED) is 0.700. The summed E-state index contributed by atoms with van der Waals surface area (Å²) in [6.07, 6.45) is 2.35. The number of nitrogens with two attached hydrogens (primary N) is 1. The molecule has 0 radical (unpaired) electrons. The van der Waals surface area contributed by atoms with E-state index in [-0.39, 0.29) is 35.5 Å². The van der Waals surface area contributed by atoms with Gasteiger partial charge in [0, 0.05) is 19.0 Å². The summed E-state index contributed by atoms with van der Waals surface area (Å²) < 4.78 is 26.6. The fourth-order valence-corrected chi connectivity index (χ4v) is 3.38. The predicted molar refractivity (Wildman–Crippen MR) is 81.3 cm³/mol. The number of anilines is 1. The van der Waals surface area contributed by atoms with Crippen LogP contribution in [0.25, 0.3) is 0 Å². The highest BCUT2D eigenvalue weighted by Crippen LogP contribution is 2.33. The molecule has 0 spiro atoms. The Labute approximate surface area is 125 Å². The lowest BCUT2D eigenvalue weighted by atomic mass is 10.1. The van der Waals surface area contributed by atoms with Crippen molar-refractivity contribution in [1.82, 2.24) is 4.72 Å². The normalized spacial score (nSPS) is 16.5. The van der Waals surface area contributed by atoms with E-state index in [1.165, 1.54) is 6.07 Å². The summed E-state index contributed by atoms with van der Waals surface area (Å²) in [5.74, 6) is 0.171. The average Bonchev–Trinajstić information content (AvgIpc) is 3.23. The minimum atomic E-state index is -3.62. The molecule has 1 aromatic rings. The summed E-state index contributed by atoms with van der Waals surface area (Å²) in [7, 11) is -3.62. The number of para-hydroxylation sites is 1. The molecule has 21 heavy (non-hydrogen) atoms. The van der Waals surface area contributed by atoms with E-state index in [4.69, 9.17) is 5.73 Å². The molecule has 7 heteroatoms. The average molecular weight is 311 g/mol. The van der Waals surface area contributed by atoms with Crippen LogP contribution in [0.15, 0.2) is 29.2 Å². The van der Waals surface area contributed by atoms with Crippen LogP contribution in [-0.2, 0) is 14.8 Å². The molecule has 0 aliphatic heterocycles. The van der Waals surface area contributed by atoms with Crippen molar-refractivity contribution in [3.8, 4) is 0 Å². The smallest absolute Gasteiger partial charge is 0.242 e. The van der Waals surface area contributed by atoms with E-state index >= 15 is 0 Å². The Bertz CT molecular complexity index is 612. The highest BCUT2D eigenvalue weighted by Gasteiger charge is 2.30. The van der Waals surface area contributed by atoms with E-state index in [9.17, 15) is 13.2 Å². The van der Waals surface area contributed by atoms with Gasteiger partial charge in [-0.3, -0.25) is 4.79 Å². The van der Waals surface area contributed by atoms with E-state index < -0.39 is 10.0 Å². The van der Waals surface area contributed by atoms with Crippen LogP contribution in [0.2, 0.25) is 0 Å². The number of amides is 1. The highest BCUT2D eigenvalue weighted by molar-refractivity contribution is 7.89. The lowest BCUT2D eigenvalue weighted by Crippen LogP contribution is -2.30. The third kappa shape index (κ3) is 4.26. The minimum Gasteiger partial charge on any atom is -0.327 e. The van der Waals surface area contributed by atoms with Crippen LogP contribution in [0, 0.1) is 5.92 Å². The Morgan fingerprint density at radius 3 is 2.67 bits per heavy atom. The zero-order valence-electron chi connectivity index (χ0n) is 12.0. The van der Waals surface area contributed by atoms with Gasteiger partial charge in [0.05, 0.1) is 5.69 Å². The molecule has 0 saturated heterocycles. The Morgan fingerprint density at radius 2 is 2.05 bits per heavy atom. The molecule has 116 valence electrons. The summed E-state index contributed by atoms with van der Waals surface area (Å²) in [6, 6.07) is 6.19. The summed E-state index contributed by atoms with van der Waals surface area (Å²) >= 11 is 0. The number of hydrogen-bond acceptors (Lipinski definition) is 4. The third-order valence-electron chi connectivity index (χ3n) is 3.43. The van der Waals surface area contributed by atoms with Crippen LogP contribution >= 0.6 is 0 Å². The van der Waals surface area contributed by atoms with Gasteiger partial charge < -0.3 is 11.1 Å². The van der Waals surface area contributed by atoms with Crippen molar-refractivity contribution < 1.29 is 13.2 Å². The maximum atomic E-state index is 12.1. The zero-order valence-corrected chi connectivity index (χ0v) is 12.8. The van der Waals surface area contributed by atoms with Gasteiger partial charge in [-0.2, -0.15) is 0 Å². The van der Waals surface area contributed by atoms with Gasteiger partial charge in [-0.05, 0) is 30.9 Å². The number of hydrogen-bond donors (Lipinski definition) is 3. The standard InChI is InChI=1S/C14H21N3O3S/c1-2-16-21(19,20)13-6-4-3-5-12(13)17-14(18)9-11(15)10-7-8-10/h3-6,10-11,16H,2,7-9,15H2,1H3,(H,17,18). The second kappa shape index (κ2) is 6.55. The molecule has 0 bridgehead atoms. The van der Waals surface area contributed by atoms with Crippen LogP contribution in [-0.4, -0.2) is 26.9 Å². The maximum absolute atomic E-state index is 12.1. The fourth-order valence-electron chi connectivity index (χ4n) is 2.18. The molecule has 0 aromatic heterocycles. The molecule has 1 saturated carbocycles. The van der Waals surface area contributed by atoms with Crippen LogP contribution in [0.4, 0.5) is 5.69 Å². The summed E-state index contributed by atoms with van der Waals surface area (Å²) in [5.41, 5.74) is 6.20. The Morgan fingerprint density at radius 1 is 1.38 bits per heavy atom. The SMILES string of the molecule is CCNS(=O)(=O)c1ccccc1NC(=O)CC(N)C1CC1. The second-order valence-corrected chi connectivity index (χ2v) is 6.99. The largest absolute Gasteiger partial charge is 0.327 e. The van der Waals surface area contributed by atoms with E-state index in [1.807, 2.05) is 0 Å². The first kappa shape index (κ1) is 15.9. The maximum Gasteiger partial charge on any atom is 0.242 e. The minimum absolute atomic E-state index is 0.0696. The Hall–Kier alpha value is -1.44. The topological polar surface area (TPSA) is 101 Å². The predicted octanol–water partition coefficient (Wildman–Crippen LogP) is 1.05. The van der Waals surface area contributed by atoms with Crippen molar-refractivity contribution in [3.05, 3.63) is 24.3 Å². The number of carbonyl (C=O) groups excluding carboxylic acids is 1. The van der Waals surface area contributed by atoms with Gasteiger partial charge in [0.2, 0.25) is 15.9 Å². The first-order valence-electron chi connectivity index (χ1n) is 7.08. The first-order valence-corrected chi connectivity index (χ1v) is 8.56. The third-order valence-corrected chi connectivity index (χ3v) is 5.04. The number of benzene rings is 1. The lowest BCUT2D eigenvalue weighted by molar-refractivity contribution is -0.116. The molecule has 1 unspecified atom stereocenters. The van der Waals surface area contributed by atoms with Crippen LogP contribution in [0.3, 0.4) is 0 Å². The van der Waals surface area contributed by atoms with Gasteiger partial charge in [-0.1, -0.05) is 19.1 Å². The number of rotatable bonds is 7. The van der Waals surface area contributed by atoms with Crippen molar-refractivity contribution in [2.24, 2.45) is 11.7 Å². The Kier molecular flexibility index (Phi) is 4.97. The van der Waals surface area contributed by atoms with E-state index in [2.05, 4.69) is 10.0 Å². The second-order valence-electron chi connectivity index (χ2n) is 5.25. The van der Waals surface area contributed by atoms with Gasteiger partial charge in [-0.25, -0.2) is 13.1 Å². The van der Waals surface area contributed by atoms with Gasteiger partial charge in [0.1, 0.15) is 4.90 Å². The monoisotopic (exact) mass is 311 g/mol. The molecular formula is C14H21N3O3S. The summed E-state index contributed by atoms with van der Waals surface area (Å²) in [5, 5.41) is 2.65. The highest BCUT2D eigenvalue weighted by atomic mass is 32.2. The van der Waals surface area contributed by atoms with E-state index in [0.717, 1.165) is 12.8 Å². The van der Waals surface area contributed by atoms with Crippen LogP contribution < -0.4 is 15.8 Å². The number of sulfonamides is 1. The van der Waals surface area contributed by atoms with Crippen molar-refractivity contribution in [1.29, 1.82) is 0 Å². The van der Waals surface area contributed by atoms with Crippen molar-refractivity contribution >= 4 is 21.6 Å². The van der Waals surface area contributed by atoms with Crippen LogP contribution in [0.1, 0.15) is 26.2 Å². The molecule has 1 amide bonds. The van der Waals surface area contributed by atoms with Crippen molar-refractivity contribution in [2.75, 3.05) is 11.9 Å². The number of nitrogens with one attached hydrogen (secondary N) is 2. The zero-order chi connectivity index (χ0) is 15.5. The summed E-state index contributed by atoms with van der Waals surface area (Å²) in [4.78, 5) is 12.1. The van der Waals surface area contributed by atoms with Crippen molar-refractivity contribution in [3.63, 3.8) is 0 Å². The van der Waals surface area contributed by atoms with Gasteiger partial charge in [0.15, 0.2) is 0 Å². The molecule has 4 N–H and O–H groups in total. The summed E-state index contributed by atoms with van der Waals surface area (Å²) in [6.45, 7) is 1.99. The number of carbonyl (C=O) groups is 1. The molecule has 1 aliphatic rings. The molecule has 1 aliphatic carbocycles. The van der Waals surface area contributed by atoms with E-state index in [1.54, 1.807) is 25.1 Å². The molecule has 1 atom stereocenters. The van der Waals surface area contributed by atoms with Gasteiger partial charge in [-0.15, -0.1) is 0 Å². The Balaban J connectivity index is 2.11. The van der Waals surface area contributed by atoms with Crippen LogP contribution in [0.5, 0.6) is 0 Å². The first-order chi connectivity index (χ1) is 9.94.